The lowest BCUT2D eigenvalue weighted by molar-refractivity contribution is 0.0907. The molecule has 4 rings (SSSR count). The summed E-state index contributed by atoms with van der Waals surface area (Å²) in [5.41, 5.74) is 2.09. The second-order valence-electron chi connectivity index (χ2n) is 7.39. The maximum atomic E-state index is 14.6. The number of hydrogen-bond donors (Lipinski definition) is 1. The predicted octanol–water partition coefficient (Wildman–Crippen LogP) is 3.76. The first-order chi connectivity index (χ1) is 12.7. The fourth-order valence-electron chi connectivity index (χ4n) is 4.54. The number of rotatable bonds is 2. The van der Waals surface area contributed by atoms with E-state index >= 15 is 0 Å². The molecule has 2 aromatic rings. The number of hydrogen-bond acceptors (Lipinski definition) is 3. The summed E-state index contributed by atoms with van der Waals surface area (Å²) < 4.78 is 66.6. The Bertz CT molecular complexity index is 1030. The molecule has 3 atom stereocenters. The smallest absolute Gasteiger partial charge is 0.175 e. The predicted molar refractivity (Wildman–Crippen MR) is 94.3 cm³/mol. The van der Waals surface area contributed by atoms with Crippen LogP contribution in [0, 0.1) is 11.6 Å². The molecular weight excluding hydrogens is 377 g/mol. The van der Waals surface area contributed by atoms with E-state index in [-0.39, 0.29) is 16.9 Å². The van der Waals surface area contributed by atoms with Crippen LogP contribution in [-0.2, 0) is 22.7 Å². The average molecular weight is 396 g/mol. The highest BCUT2D eigenvalue weighted by atomic mass is 32.2. The number of halogens is 3. The van der Waals surface area contributed by atoms with Gasteiger partial charge in [-0.05, 0) is 53.6 Å². The number of aryl methyl sites for hydroxylation is 1. The van der Waals surface area contributed by atoms with E-state index in [1.165, 1.54) is 12.1 Å². The van der Waals surface area contributed by atoms with Gasteiger partial charge in [0.2, 0.25) is 0 Å². The van der Waals surface area contributed by atoms with E-state index in [2.05, 4.69) is 0 Å². The number of fused-ring (bicyclic) bond motifs is 2. The number of aliphatic hydroxyl groups excluding tert-OH is 1. The molecule has 2 aliphatic carbocycles. The molecular formula is C20H19F3O3S. The molecule has 3 nitrogen and oxygen atoms in total. The Labute approximate surface area is 155 Å². The molecule has 0 saturated heterocycles. The van der Waals surface area contributed by atoms with Crippen LogP contribution in [0.4, 0.5) is 13.2 Å². The van der Waals surface area contributed by atoms with Crippen molar-refractivity contribution in [3.63, 3.8) is 0 Å². The van der Waals surface area contributed by atoms with Crippen LogP contribution in [0.5, 0.6) is 0 Å². The lowest BCUT2D eigenvalue weighted by Gasteiger charge is -2.28. The van der Waals surface area contributed by atoms with Gasteiger partial charge in [-0.25, -0.2) is 21.6 Å². The van der Waals surface area contributed by atoms with Gasteiger partial charge in [0.25, 0.3) is 0 Å². The van der Waals surface area contributed by atoms with Gasteiger partial charge in [0.1, 0.15) is 23.9 Å². The Morgan fingerprint density at radius 1 is 1.15 bits per heavy atom. The van der Waals surface area contributed by atoms with Crippen molar-refractivity contribution >= 4 is 9.84 Å². The molecule has 0 aliphatic heterocycles. The Morgan fingerprint density at radius 2 is 1.89 bits per heavy atom. The molecule has 0 spiro atoms. The van der Waals surface area contributed by atoms with Gasteiger partial charge in [-0.2, -0.15) is 0 Å². The molecule has 0 radical (unpaired) electrons. The standard InChI is InChI=1S/C20H19F3O3S/c1-27(25,26)17-6-5-12(14-9-16(23)20(24)19(14)17)13-4-2-3-10-7-11(21)8-15(22)18(10)13/h5-8,13,16,20,24H,2-4,9H2,1H3/t13-,16+,20+/m0/s1. The number of alkyl halides is 1. The number of sulfone groups is 1. The van der Waals surface area contributed by atoms with Gasteiger partial charge in [-0.15, -0.1) is 0 Å². The summed E-state index contributed by atoms with van der Waals surface area (Å²) in [6.07, 6.45) is -0.382. The van der Waals surface area contributed by atoms with Crippen LogP contribution in [0.2, 0.25) is 0 Å². The van der Waals surface area contributed by atoms with Gasteiger partial charge in [-0.1, -0.05) is 6.07 Å². The van der Waals surface area contributed by atoms with E-state index in [0.717, 1.165) is 12.3 Å². The number of benzene rings is 2. The van der Waals surface area contributed by atoms with Gasteiger partial charge in [-0.3, -0.25) is 0 Å². The molecule has 0 bridgehead atoms. The normalized spacial score (nSPS) is 24.6. The minimum atomic E-state index is -3.66. The lowest BCUT2D eigenvalue weighted by Crippen LogP contribution is -2.16. The Morgan fingerprint density at radius 3 is 2.59 bits per heavy atom. The van der Waals surface area contributed by atoms with Crippen molar-refractivity contribution in [2.24, 2.45) is 0 Å². The Balaban J connectivity index is 1.94. The van der Waals surface area contributed by atoms with Crippen LogP contribution in [0.1, 0.15) is 52.7 Å². The first-order valence-corrected chi connectivity index (χ1v) is 10.7. The van der Waals surface area contributed by atoms with Crippen molar-refractivity contribution in [3.8, 4) is 0 Å². The van der Waals surface area contributed by atoms with E-state index in [1.807, 2.05) is 0 Å². The quantitative estimate of drug-likeness (QED) is 0.841. The van der Waals surface area contributed by atoms with Crippen molar-refractivity contribution in [1.82, 2.24) is 0 Å². The Hall–Kier alpha value is -1.86. The first kappa shape index (κ1) is 18.5. The van der Waals surface area contributed by atoms with Crippen LogP contribution in [-0.4, -0.2) is 26.0 Å². The summed E-state index contributed by atoms with van der Waals surface area (Å²) in [4.78, 5) is -0.0930. The van der Waals surface area contributed by atoms with Gasteiger partial charge in [0, 0.05) is 30.2 Å². The molecule has 0 heterocycles. The molecule has 2 aromatic carbocycles. The number of aliphatic hydroxyl groups is 1. The molecule has 0 saturated carbocycles. The highest BCUT2D eigenvalue weighted by Gasteiger charge is 2.39. The van der Waals surface area contributed by atoms with Crippen LogP contribution in [0.3, 0.4) is 0 Å². The topological polar surface area (TPSA) is 54.4 Å². The van der Waals surface area contributed by atoms with E-state index < -0.39 is 39.7 Å². The fourth-order valence-corrected chi connectivity index (χ4v) is 5.50. The molecule has 2 aliphatic rings. The minimum absolute atomic E-state index is 0.0807. The molecule has 144 valence electrons. The van der Waals surface area contributed by atoms with Gasteiger partial charge in [0.05, 0.1) is 4.90 Å². The van der Waals surface area contributed by atoms with Gasteiger partial charge >= 0.3 is 0 Å². The first-order valence-electron chi connectivity index (χ1n) is 8.84. The lowest BCUT2D eigenvalue weighted by atomic mass is 9.76. The summed E-state index contributed by atoms with van der Waals surface area (Å²) in [7, 11) is -3.66. The van der Waals surface area contributed by atoms with Crippen molar-refractivity contribution in [3.05, 3.63) is 63.7 Å². The zero-order valence-electron chi connectivity index (χ0n) is 14.7. The SMILES string of the molecule is CS(=O)(=O)c1ccc([C@@H]2CCCc3cc(F)cc(F)c32)c2c1[C@H](O)[C@H](F)C2. The monoisotopic (exact) mass is 396 g/mol. The van der Waals surface area contributed by atoms with Crippen molar-refractivity contribution in [1.29, 1.82) is 0 Å². The second kappa shape index (κ2) is 6.34. The fraction of sp³-hybridized carbons (Fsp3) is 0.400. The Kier molecular flexibility index (Phi) is 4.35. The maximum Gasteiger partial charge on any atom is 0.175 e. The summed E-state index contributed by atoms with van der Waals surface area (Å²) in [5, 5.41) is 10.2. The largest absolute Gasteiger partial charge is 0.385 e. The molecule has 1 N–H and O–H groups in total. The summed E-state index contributed by atoms with van der Waals surface area (Å²) in [6, 6.07) is 5.11. The summed E-state index contributed by atoms with van der Waals surface area (Å²) in [6.45, 7) is 0. The minimum Gasteiger partial charge on any atom is -0.385 e. The van der Waals surface area contributed by atoms with Crippen molar-refractivity contribution in [2.75, 3.05) is 6.26 Å². The average Bonchev–Trinajstić information content (AvgIpc) is 2.87. The zero-order valence-corrected chi connectivity index (χ0v) is 15.5. The van der Waals surface area contributed by atoms with Crippen LogP contribution in [0.25, 0.3) is 0 Å². The van der Waals surface area contributed by atoms with Crippen molar-refractivity contribution in [2.45, 2.75) is 48.8 Å². The highest BCUT2D eigenvalue weighted by Crippen LogP contribution is 2.46. The maximum absolute atomic E-state index is 14.6. The molecule has 0 unspecified atom stereocenters. The van der Waals surface area contributed by atoms with E-state index in [9.17, 15) is 26.7 Å². The highest BCUT2D eigenvalue weighted by molar-refractivity contribution is 7.90. The molecule has 0 amide bonds. The zero-order chi connectivity index (χ0) is 19.5. The van der Waals surface area contributed by atoms with E-state index in [1.54, 1.807) is 6.07 Å². The van der Waals surface area contributed by atoms with Gasteiger partial charge in [0.15, 0.2) is 9.84 Å². The van der Waals surface area contributed by atoms with E-state index in [4.69, 9.17) is 0 Å². The second-order valence-corrected chi connectivity index (χ2v) is 9.37. The molecule has 7 heteroatoms. The third kappa shape index (κ3) is 2.97. The third-order valence-corrected chi connectivity index (χ3v) is 6.79. The van der Waals surface area contributed by atoms with E-state index in [0.29, 0.717) is 41.5 Å². The third-order valence-electron chi connectivity index (χ3n) is 5.63. The van der Waals surface area contributed by atoms with Crippen LogP contribution < -0.4 is 0 Å². The summed E-state index contributed by atoms with van der Waals surface area (Å²) in [5.74, 6) is -1.70. The molecule has 0 aromatic heterocycles. The van der Waals surface area contributed by atoms with Crippen molar-refractivity contribution < 1.29 is 26.7 Å². The summed E-state index contributed by atoms with van der Waals surface area (Å²) >= 11 is 0. The van der Waals surface area contributed by atoms with Crippen LogP contribution in [0.15, 0.2) is 29.2 Å². The van der Waals surface area contributed by atoms with Crippen LogP contribution >= 0.6 is 0 Å². The molecule has 27 heavy (non-hydrogen) atoms. The van der Waals surface area contributed by atoms with Gasteiger partial charge < -0.3 is 5.11 Å². The molecule has 0 fully saturated rings.